The first-order valence-corrected chi connectivity index (χ1v) is 8.13. The molecule has 0 bridgehead atoms. The summed E-state index contributed by atoms with van der Waals surface area (Å²) in [6.07, 6.45) is 1.11. The van der Waals surface area contributed by atoms with Gasteiger partial charge in [-0.05, 0) is 44.1 Å². The summed E-state index contributed by atoms with van der Waals surface area (Å²) >= 11 is 3.55. The van der Waals surface area contributed by atoms with Crippen LogP contribution in [0.5, 0.6) is 0 Å². The van der Waals surface area contributed by atoms with Gasteiger partial charge in [0.1, 0.15) is 0 Å². The number of hydrogen-bond donors (Lipinski definition) is 1. The molecule has 3 heteroatoms. The minimum atomic E-state index is 0.433. The molecule has 0 aliphatic carbocycles. The van der Waals surface area contributed by atoms with Gasteiger partial charge in [-0.2, -0.15) is 0 Å². The van der Waals surface area contributed by atoms with Gasteiger partial charge < -0.3 is 10.2 Å². The van der Waals surface area contributed by atoms with E-state index in [2.05, 4.69) is 78.1 Å². The van der Waals surface area contributed by atoms with Crippen molar-refractivity contribution in [2.75, 3.05) is 19.6 Å². The minimum absolute atomic E-state index is 0.433. The molecular weight excluding hydrogens is 300 g/mol. The van der Waals surface area contributed by atoms with Crippen LogP contribution in [-0.4, -0.2) is 30.6 Å². The van der Waals surface area contributed by atoms with Gasteiger partial charge >= 0.3 is 0 Å². The Balaban J connectivity index is 2.61. The molecule has 1 aromatic rings. The Labute approximate surface area is 126 Å². The lowest BCUT2D eigenvalue weighted by Gasteiger charge is -2.27. The molecule has 1 rings (SSSR count). The van der Waals surface area contributed by atoms with Crippen LogP contribution in [0.25, 0.3) is 0 Å². The zero-order valence-corrected chi connectivity index (χ0v) is 14.2. The van der Waals surface area contributed by atoms with Crippen LogP contribution < -0.4 is 5.32 Å². The topological polar surface area (TPSA) is 15.3 Å². The average molecular weight is 327 g/mol. The number of hydrogen-bond acceptors (Lipinski definition) is 2. The third-order valence-electron chi connectivity index (χ3n) is 3.57. The largest absolute Gasteiger partial charge is 0.306 e. The zero-order valence-electron chi connectivity index (χ0n) is 12.6. The van der Waals surface area contributed by atoms with E-state index in [4.69, 9.17) is 0 Å². The van der Waals surface area contributed by atoms with Crippen molar-refractivity contribution in [3.8, 4) is 0 Å². The highest BCUT2D eigenvalue weighted by atomic mass is 79.9. The first kappa shape index (κ1) is 16.7. The lowest BCUT2D eigenvalue weighted by atomic mass is 10.0. The van der Waals surface area contributed by atoms with Gasteiger partial charge in [0.15, 0.2) is 0 Å². The van der Waals surface area contributed by atoms with Crippen LogP contribution in [0.15, 0.2) is 28.7 Å². The highest BCUT2D eigenvalue weighted by Gasteiger charge is 2.14. The Morgan fingerprint density at radius 2 is 1.89 bits per heavy atom. The predicted molar refractivity (Wildman–Crippen MR) is 87.6 cm³/mol. The number of nitrogens with zero attached hydrogens (tertiary/aromatic N) is 1. The van der Waals surface area contributed by atoms with Crippen LogP contribution in [0.4, 0.5) is 0 Å². The Hall–Kier alpha value is -0.380. The van der Waals surface area contributed by atoms with Crippen molar-refractivity contribution in [1.82, 2.24) is 10.2 Å². The van der Waals surface area contributed by atoms with Crippen molar-refractivity contribution >= 4 is 15.9 Å². The Kier molecular flexibility index (Phi) is 7.66. The molecule has 0 amide bonds. The fraction of sp³-hybridized carbons (Fsp3) is 0.625. The standard InChI is InChI=1S/C16H27BrN2/c1-5-16(14-9-8-10-15(17)11-14)18-13(4)12-19(6-2)7-3/h8-11,13,16,18H,5-7,12H2,1-4H3. The highest BCUT2D eigenvalue weighted by molar-refractivity contribution is 9.10. The summed E-state index contributed by atoms with van der Waals surface area (Å²) in [6.45, 7) is 12.3. The Morgan fingerprint density at radius 1 is 1.21 bits per heavy atom. The summed E-state index contributed by atoms with van der Waals surface area (Å²) < 4.78 is 1.15. The van der Waals surface area contributed by atoms with E-state index in [1.165, 1.54) is 5.56 Å². The maximum atomic E-state index is 3.75. The van der Waals surface area contributed by atoms with Crippen LogP contribution in [0.1, 0.15) is 45.7 Å². The van der Waals surface area contributed by atoms with E-state index >= 15 is 0 Å². The maximum absolute atomic E-state index is 3.75. The summed E-state index contributed by atoms with van der Waals surface area (Å²) in [6, 6.07) is 9.54. The van der Waals surface area contributed by atoms with Crippen molar-refractivity contribution in [3.63, 3.8) is 0 Å². The highest BCUT2D eigenvalue weighted by Crippen LogP contribution is 2.21. The third kappa shape index (κ3) is 5.64. The number of benzene rings is 1. The van der Waals surface area contributed by atoms with Crippen LogP contribution in [0.2, 0.25) is 0 Å². The van der Waals surface area contributed by atoms with E-state index in [0.29, 0.717) is 12.1 Å². The molecule has 0 aromatic heterocycles. The summed E-state index contributed by atoms with van der Waals surface area (Å²) in [7, 11) is 0. The fourth-order valence-electron chi connectivity index (χ4n) is 2.44. The van der Waals surface area contributed by atoms with Gasteiger partial charge in [0.05, 0.1) is 0 Å². The van der Waals surface area contributed by atoms with E-state index in [-0.39, 0.29) is 0 Å². The molecular formula is C16H27BrN2. The normalized spacial score (nSPS) is 14.6. The first-order valence-electron chi connectivity index (χ1n) is 7.34. The SMILES string of the molecule is CCC(NC(C)CN(CC)CC)c1cccc(Br)c1. The van der Waals surface area contributed by atoms with E-state index in [1.54, 1.807) is 0 Å². The lowest BCUT2D eigenvalue weighted by molar-refractivity contribution is 0.260. The van der Waals surface area contributed by atoms with Gasteiger partial charge in [-0.15, -0.1) is 0 Å². The second-order valence-corrected chi connectivity index (χ2v) is 5.99. The third-order valence-corrected chi connectivity index (χ3v) is 4.06. The first-order chi connectivity index (χ1) is 9.10. The van der Waals surface area contributed by atoms with Crippen LogP contribution in [-0.2, 0) is 0 Å². The molecule has 0 aliphatic rings. The molecule has 0 saturated carbocycles. The Bertz CT molecular complexity index is 364. The predicted octanol–water partition coefficient (Wildman–Crippen LogP) is 4.22. The van der Waals surface area contributed by atoms with Gasteiger partial charge in [-0.3, -0.25) is 0 Å². The summed E-state index contributed by atoms with van der Waals surface area (Å²) in [5, 5.41) is 3.75. The van der Waals surface area contributed by atoms with Gasteiger partial charge in [0.2, 0.25) is 0 Å². The second kappa shape index (κ2) is 8.72. The van der Waals surface area contributed by atoms with Gasteiger partial charge in [0, 0.05) is 23.1 Å². The maximum Gasteiger partial charge on any atom is 0.0320 e. The molecule has 1 N–H and O–H groups in total. The van der Waals surface area contributed by atoms with Gasteiger partial charge in [-0.25, -0.2) is 0 Å². The molecule has 0 aliphatic heterocycles. The number of rotatable bonds is 8. The molecule has 2 atom stereocenters. The van der Waals surface area contributed by atoms with E-state index in [0.717, 1.165) is 30.5 Å². The molecule has 0 radical (unpaired) electrons. The Morgan fingerprint density at radius 3 is 2.42 bits per heavy atom. The average Bonchev–Trinajstić information content (AvgIpc) is 2.42. The van der Waals surface area contributed by atoms with E-state index in [9.17, 15) is 0 Å². The molecule has 2 nitrogen and oxygen atoms in total. The molecule has 0 spiro atoms. The van der Waals surface area contributed by atoms with Crippen LogP contribution in [0.3, 0.4) is 0 Å². The summed E-state index contributed by atoms with van der Waals surface area (Å²) in [5.41, 5.74) is 1.36. The monoisotopic (exact) mass is 326 g/mol. The molecule has 108 valence electrons. The molecule has 0 saturated heterocycles. The van der Waals surface area contributed by atoms with E-state index < -0.39 is 0 Å². The fourth-order valence-corrected chi connectivity index (χ4v) is 2.86. The summed E-state index contributed by atoms with van der Waals surface area (Å²) in [4.78, 5) is 2.46. The molecule has 2 unspecified atom stereocenters. The van der Waals surface area contributed by atoms with Gasteiger partial charge in [0.25, 0.3) is 0 Å². The quantitative estimate of drug-likeness (QED) is 0.769. The molecule has 0 fully saturated rings. The van der Waals surface area contributed by atoms with Crippen LogP contribution >= 0.6 is 15.9 Å². The van der Waals surface area contributed by atoms with Crippen LogP contribution in [0, 0.1) is 0 Å². The van der Waals surface area contributed by atoms with Crippen molar-refractivity contribution < 1.29 is 0 Å². The molecule has 0 heterocycles. The number of likely N-dealkylation sites (N-methyl/N-ethyl adjacent to an activating group) is 1. The number of nitrogens with one attached hydrogen (secondary N) is 1. The van der Waals surface area contributed by atoms with Crippen molar-refractivity contribution in [2.45, 2.75) is 46.2 Å². The lowest BCUT2D eigenvalue weighted by Crippen LogP contribution is -2.40. The van der Waals surface area contributed by atoms with Crippen molar-refractivity contribution in [3.05, 3.63) is 34.3 Å². The van der Waals surface area contributed by atoms with Gasteiger partial charge in [-0.1, -0.05) is 48.8 Å². The number of halogens is 1. The molecule has 1 aromatic carbocycles. The van der Waals surface area contributed by atoms with Crippen molar-refractivity contribution in [1.29, 1.82) is 0 Å². The minimum Gasteiger partial charge on any atom is -0.306 e. The molecule has 19 heavy (non-hydrogen) atoms. The van der Waals surface area contributed by atoms with Crippen molar-refractivity contribution in [2.24, 2.45) is 0 Å². The van der Waals surface area contributed by atoms with E-state index in [1.807, 2.05) is 0 Å². The zero-order chi connectivity index (χ0) is 14.3. The smallest absolute Gasteiger partial charge is 0.0320 e. The second-order valence-electron chi connectivity index (χ2n) is 5.07. The summed E-state index contributed by atoms with van der Waals surface area (Å²) in [5.74, 6) is 0.